The van der Waals surface area contributed by atoms with Gasteiger partial charge in [-0.05, 0) is 37.6 Å². The summed E-state index contributed by atoms with van der Waals surface area (Å²) in [5, 5.41) is 13.0. The van der Waals surface area contributed by atoms with Crippen LogP contribution < -0.4 is 10.6 Å². The quantitative estimate of drug-likeness (QED) is 0.456. The highest BCUT2D eigenvalue weighted by Crippen LogP contribution is 2.19. The van der Waals surface area contributed by atoms with E-state index in [1.54, 1.807) is 24.6 Å². The molecule has 0 fully saturated rings. The molecule has 0 radical (unpaired) electrons. The van der Waals surface area contributed by atoms with Gasteiger partial charge in [0.15, 0.2) is 5.96 Å². The molecule has 1 unspecified atom stereocenters. The number of nitrogens with zero attached hydrogens (tertiary/aromatic N) is 4. The molecule has 0 bridgehead atoms. The SMILES string of the molecule is CN=C(NCCc1sc(C)nc1C)NCC(c1ccc(Cl)cc1)n1cccn1. The van der Waals surface area contributed by atoms with Crippen LogP contribution in [0.15, 0.2) is 47.7 Å². The molecule has 0 aliphatic rings. The molecule has 1 aromatic carbocycles. The van der Waals surface area contributed by atoms with Crippen LogP contribution in [0, 0.1) is 13.8 Å². The third-order valence-corrected chi connectivity index (χ3v) is 5.81. The molecule has 28 heavy (non-hydrogen) atoms. The number of hydrogen-bond acceptors (Lipinski definition) is 4. The Morgan fingerprint density at radius 1 is 1.25 bits per heavy atom. The van der Waals surface area contributed by atoms with E-state index in [1.165, 1.54) is 4.88 Å². The predicted octanol–water partition coefficient (Wildman–Crippen LogP) is 3.61. The number of aliphatic imine (C=N–C) groups is 1. The molecule has 6 nitrogen and oxygen atoms in total. The second-order valence-corrected chi connectivity index (χ2v) is 8.15. The Bertz CT molecular complexity index is 901. The zero-order chi connectivity index (χ0) is 19.9. The molecule has 3 rings (SSSR count). The molecule has 148 valence electrons. The van der Waals surface area contributed by atoms with Gasteiger partial charge in [-0.2, -0.15) is 5.10 Å². The molecule has 1 atom stereocenters. The maximum atomic E-state index is 6.04. The topological polar surface area (TPSA) is 67.1 Å². The van der Waals surface area contributed by atoms with E-state index >= 15 is 0 Å². The van der Waals surface area contributed by atoms with Crippen LogP contribution in [0.2, 0.25) is 5.02 Å². The minimum absolute atomic E-state index is 0.0391. The second-order valence-electron chi connectivity index (χ2n) is 6.42. The Hall–Kier alpha value is -2.38. The zero-order valence-corrected chi connectivity index (χ0v) is 17.9. The van der Waals surface area contributed by atoms with Crippen molar-refractivity contribution >= 4 is 28.9 Å². The number of aryl methyl sites for hydroxylation is 2. The highest BCUT2D eigenvalue weighted by atomic mass is 35.5. The molecule has 2 heterocycles. The lowest BCUT2D eigenvalue weighted by Crippen LogP contribution is -2.41. The van der Waals surface area contributed by atoms with Crippen molar-refractivity contribution < 1.29 is 0 Å². The fourth-order valence-electron chi connectivity index (χ4n) is 3.03. The van der Waals surface area contributed by atoms with Gasteiger partial charge < -0.3 is 10.6 Å². The van der Waals surface area contributed by atoms with E-state index in [9.17, 15) is 0 Å². The van der Waals surface area contributed by atoms with Gasteiger partial charge >= 0.3 is 0 Å². The molecular formula is C20H25ClN6S. The van der Waals surface area contributed by atoms with Gasteiger partial charge in [0.2, 0.25) is 0 Å². The summed E-state index contributed by atoms with van der Waals surface area (Å²) in [4.78, 5) is 10.1. The van der Waals surface area contributed by atoms with Crippen molar-refractivity contribution in [2.24, 2.45) is 4.99 Å². The summed E-state index contributed by atoms with van der Waals surface area (Å²) in [6.07, 6.45) is 4.68. The standard InChI is InChI=1S/C20H25ClN6S/c1-14-19(28-15(2)26-14)9-11-23-20(22-3)24-13-18(27-12-4-10-25-27)16-5-7-17(21)8-6-16/h4-8,10,12,18H,9,11,13H2,1-3H3,(H2,22,23,24). The summed E-state index contributed by atoms with van der Waals surface area (Å²) in [7, 11) is 1.78. The largest absolute Gasteiger partial charge is 0.356 e. The lowest BCUT2D eigenvalue weighted by molar-refractivity contribution is 0.511. The molecule has 8 heteroatoms. The summed E-state index contributed by atoms with van der Waals surface area (Å²) in [6, 6.07) is 9.83. The van der Waals surface area contributed by atoms with Crippen molar-refractivity contribution in [3.05, 3.63) is 68.9 Å². The number of benzene rings is 1. The van der Waals surface area contributed by atoms with Crippen molar-refractivity contribution in [1.29, 1.82) is 0 Å². The van der Waals surface area contributed by atoms with Crippen LogP contribution in [0.3, 0.4) is 0 Å². The van der Waals surface area contributed by atoms with Crippen LogP contribution in [-0.2, 0) is 6.42 Å². The van der Waals surface area contributed by atoms with Crippen molar-refractivity contribution in [1.82, 2.24) is 25.4 Å². The summed E-state index contributed by atoms with van der Waals surface area (Å²) >= 11 is 7.80. The average Bonchev–Trinajstić information content (AvgIpc) is 3.31. The Labute approximate surface area is 174 Å². The average molecular weight is 417 g/mol. The lowest BCUT2D eigenvalue weighted by atomic mass is 10.1. The molecule has 2 N–H and O–H groups in total. The maximum absolute atomic E-state index is 6.04. The highest BCUT2D eigenvalue weighted by Gasteiger charge is 2.15. The van der Waals surface area contributed by atoms with E-state index in [-0.39, 0.29) is 6.04 Å². The van der Waals surface area contributed by atoms with Gasteiger partial charge in [0, 0.05) is 48.9 Å². The monoisotopic (exact) mass is 416 g/mol. The van der Waals surface area contributed by atoms with Crippen molar-refractivity contribution in [3.63, 3.8) is 0 Å². The number of rotatable bonds is 7. The van der Waals surface area contributed by atoms with Crippen LogP contribution in [0.25, 0.3) is 0 Å². The fraction of sp³-hybridized carbons (Fsp3) is 0.350. The summed E-state index contributed by atoms with van der Waals surface area (Å²) in [5.74, 6) is 0.769. The predicted molar refractivity (Wildman–Crippen MR) is 116 cm³/mol. The maximum Gasteiger partial charge on any atom is 0.191 e. The molecule has 0 aliphatic heterocycles. The number of nitrogens with one attached hydrogen (secondary N) is 2. The fourth-order valence-corrected chi connectivity index (χ4v) is 4.09. The molecular weight excluding hydrogens is 392 g/mol. The van der Waals surface area contributed by atoms with Gasteiger partial charge in [0.1, 0.15) is 0 Å². The van der Waals surface area contributed by atoms with Gasteiger partial charge in [0.05, 0.1) is 16.7 Å². The molecule has 0 aliphatic carbocycles. The van der Waals surface area contributed by atoms with Gasteiger partial charge in [0.25, 0.3) is 0 Å². The van der Waals surface area contributed by atoms with Crippen LogP contribution in [0.4, 0.5) is 0 Å². The van der Waals surface area contributed by atoms with Crippen molar-refractivity contribution in [2.45, 2.75) is 26.3 Å². The third-order valence-electron chi connectivity index (χ3n) is 4.43. The van der Waals surface area contributed by atoms with Gasteiger partial charge in [-0.15, -0.1) is 11.3 Å². The van der Waals surface area contributed by atoms with E-state index in [2.05, 4.69) is 32.6 Å². The van der Waals surface area contributed by atoms with Crippen LogP contribution >= 0.6 is 22.9 Å². The van der Waals surface area contributed by atoms with Gasteiger partial charge in [-0.1, -0.05) is 23.7 Å². The lowest BCUT2D eigenvalue weighted by Gasteiger charge is -2.20. The molecule has 0 amide bonds. The normalized spacial score (nSPS) is 12.8. The number of hydrogen-bond donors (Lipinski definition) is 2. The minimum Gasteiger partial charge on any atom is -0.356 e. The van der Waals surface area contributed by atoms with E-state index in [0.29, 0.717) is 6.54 Å². The van der Waals surface area contributed by atoms with Crippen LogP contribution in [0.5, 0.6) is 0 Å². The van der Waals surface area contributed by atoms with Crippen LogP contribution in [-0.4, -0.2) is 40.9 Å². The van der Waals surface area contributed by atoms with E-state index < -0.39 is 0 Å². The highest BCUT2D eigenvalue weighted by molar-refractivity contribution is 7.11. The molecule has 2 aromatic heterocycles. The van der Waals surface area contributed by atoms with Crippen molar-refractivity contribution in [3.8, 4) is 0 Å². The first-order valence-electron chi connectivity index (χ1n) is 9.19. The first kappa shape index (κ1) is 20.4. The smallest absolute Gasteiger partial charge is 0.191 e. The first-order chi connectivity index (χ1) is 13.6. The Balaban J connectivity index is 1.59. The summed E-state index contributed by atoms with van der Waals surface area (Å²) < 4.78 is 1.94. The number of thiazole rings is 1. The number of guanidine groups is 1. The molecule has 0 spiro atoms. The Kier molecular flexibility index (Phi) is 7.06. The van der Waals surface area contributed by atoms with E-state index in [4.69, 9.17) is 11.6 Å². The summed E-state index contributed by atoms with van der Waals surface area (Å²) in [6.45, 7) is 5.56. The van der Waals surface area contributed by atoms with Gasteiger partial charge in [-0.25, -0.2) is 4.98 Å². The molecule has 3 aromatic rings. The molecule has 0 saturated heterocycles. The van der Waals surface area contributed by atoms with E-state index in [1.807, 2.05) is 48.1 Å². The van der Waals surface area contributed by atoms with Gasteiger partial charge in [-0.3, -0.25) is 9.67 Å². The third kappa shape index (κ3) is 5.33. The van der Waals surface area contributed by atoms with E-state index in [0.717, 1.165) is 40.2 Å². The summed E-state index contributed by atoms with van der Waals surface area (Å²) in [5.41, 5.74) is 2.25. The second kappa shape index (κ2) is 9.71. The molecule has 0 saturated carbocycles. The Morgan fingerprint density at radius 3 is 2.64 bits per heavy atom. The number of halogens is 1. The number of aromatic nitrogens is 3. The minimum atomic E-state index is 0.0391. The Morgan fingerprint density at radius 2 is 2.04 bits per heavy atom. The van der Waals surface area contributed by atoms with Crippen molar-refractivity contribution in [2.75, 3.05) is 20.1 Å². The zero-order valence-electron chi connectivity index (χ0n) is 16.3. The first-order valence-corrected chi connectivity index (χ1v) is 10.4. The van der Waals surface area contributed by atoms with Crippen LogP contribution in [0.1, 0.15) is 27.2 Å².